The summed E-state index contributed by atoms with van der Waals surface area (Å²) in [7, 11) is 0. The van der Waals surface area contributed by atoms with Crippen molar-refractivity contribution < 1.29 is 4.79 Å². The highest BCUT2D eigenvalue weighted by Crippen LogP contribution is 2.24. The van der Waals surface area contributed by atoms with E-state index in [1.807, 2.05) is 18.2 Å². The molecule has 2 heterocycles. The smallest absolute Gasteiger partial charge is 0.268 e. The van der Waals surface area contributed by atoms with Gasteiger partial charge in [0.2, 0.25) is 0 Å². The summed E-state index contributed by atoms with van der Waals surface area (Å²) >= 11 is 0. The summed E-state index contributed by atoms with van der Waals surface area (Å²) in [5.74, 6) is 0.0343. The first kappa shape index (κ1) is 22.2. The van der Waals surface area contributed by atoms with E-state index in [0.717, 1.165) is 10.9 Å². The molecule has 34 heavy (non-hydrogen) atoms. The number of nitriles is 1. The number of carbonyl (C=O) groups excluding carboxylic acids is 1. The number of benzene rings is 2. The minimum atomic E-state index is -0.487. The van der Waals surface area contributed by atoms with Crippen LogP contribution in [0.4, 0.5) is 17.3 Å². The van der Waals surface area contributed by atoms with Crippen LogP contribution in [0.25, 0.3) is 10.9 Å². The molecule has 1 amide bonds. The maximum atomic E-state index is 12.7. The summed E-state index contributed by atoms with van der Waals surface area (Å²) in [6.45, 7) is 4.04. The van der Waals surface area contributed by atoms with Crippen LogP contribution in [0.2, 0.25) is 0 Å². The molecule has 5 N–H and O–H groups in total. The zero-order chi connectivity index (χ0) is 24.1. The molecule has 4 aromatic rings. The molecule has 0 atom stereocenters. The molecule has 10 heteroatoms. The number of para-hydroxylation sites is 1. The second-order valence-electron chi connectivity index (χ2n) is 7.34. The van der Waals surface area contributed by atoms with Crippen LogP contribution in [-0.2, 0) is 4.79 Å². The highest BCUT2D eigenvalue weighted by molar-refractivity contribution is 6.17. The van der Waals surface area contributed by atoms with Crippen molar-refractivity contribution in [1.82, 2.24) is 20.2 Å². The Morgan fingerprint density at radius 2 is 2.03 bits per heavy atom. The molecule has 0 spiro atoms. The molecule has 0 bridgehead atoms. The number of amides is 1. The van der Waals surface area contributed by atoms with Crippen molar-refractivity contribution in [2.75, 3.05) is 29.0 Å². The highest BCUT2D eigenvalue weighted by Gasteiger charge is 2.20. The maximum absolute atomic E-state index is 12.7. The van der Waals surface area contributed by atoms with E-state index in [-0.39, 0.29) is 30.2 Å². The van der Waals surface area contributed by atoms with Gasteiger partial charge in [0.15, 0.2) is 0 Å². The van der Waals surface area contributed by atoms with Crippen LogP contribution in [-0.4, -0.2) is 44.9 Å². The number of hydrogen-bond donors (Lipinski definition) is 4. The lowest BCUT2D eigenvalue weighted by molar-refractivity contribution is -0.114. The summed E-state index contributed by atoms with van der Waals surface area (Å²) in [4.78, 5) is 22.5. The Morgan fingerprint density at radius 3 is 2.79 bits per heavy atom. The van der Waals surface area contributed by atoms with Crippen LogP contribution >= 0.6 is 0 Å². The lowest BCUT2D eigenvalue weighted by Crippen LogP contribution is -2.36. The van der Waals surface area contributed by atoms with E-state index >= 15 is 0 Å². The van der Waals surface area contributed by atoms with Gasteiger partial charge in [0.25, 0.3) is 5.91 Å². The van der Waals surface area contributed by atoms with Crippen LogP contribution in [0.3, 0.4) is 0 Å². The minimum absolute atomic E-state index is 0.151. The quantitative estimate of drug-likeness (QED) is 0.182. The number of aromatic nitrogens is 4. The first-order valence-corrected chi connectivity index (χ1v) is 10.3. The number of carbonyl (C=O) groups is 1. The zero-order valence-corrected chi connectivity index (χ0v) is 18.1. The Bertz CT molecular complexity index is 1420. The van der Waals surface area contributed by atoms with Gasteiger partial charge in [-0.3, -0.25) is 15.3 Å². The highest BCUT2D eigenvalue weighted by atomic mass is 16.2. The Kier molecular flexibility index (Phi) is 6.27. The Morgan fingerprint density at radius 1 is 1.24 bits per heavy atom. The molecule has 2 aromatic carbocycles. The monoisotopic (exact) mass is 451 g/mol. The van der Waals surface area contributed by atoms with Gasteiger partial charge < -0.3 is 16.0 Å². The first-order chi connectivity index (χ1) is 16.5. The van der Waals surface area contributed by atoms with Crippen molar-refractivity contribution in [3.05, 3.63) is 84.3 Å². The standard InChI is InChI=1S/C24H21N9O/c1-15(12-25)24(34)33(18-5-3-2-4-6-18)10-9-28-23-20(22(27)29-14-30-23)21(26)16-7-8-19-17(11-16)13-31-32-19/h2-8,11,13-14,26H,1,9-10H2,(H,31,32)(H3,27,28,29,30). The average Bonchev–Trinajstić information content (AvgIpc) is 3.34. The molecule has 0 radical (unpaired) electrons. The van der Waals surface area contributed by atoms with Gasteiger partial charge in [-0.2, -0.15) is 10.4 Å². The fraction of sp³-hybridized carbons (Fsp3) is 0.0833. The zero-order valence-electron chi connectivity index (χ0n) is 18.1. The number of rotatable bonds is 8. The maximum Gasteiger partial charge on any atom is 0.268 e. The number of nitrogen functional groups attached to an aromatic ring is 1. The van der Waals surface area contributed by atoms with Gasteiger partial charge in [-0.25, -0.2) is 9.97 Å². The second kappa shape index (κ2) is 9.62. The number of fused-ring (bicyclic) bond motifs is 1. The molecular formula is C24H21N9O. The summed E-state index contributed by atoms with van der Waals surface area (Å²) in [5.41, 5.74) is 8.58. The van der Waals surface area contributed by atoms with Crippen molar-refractivity contribution >= 4 is 39.8 Å². The van der Waals surface area contributed by atoms with Crippen LogP contribution in [0.5, 0.6) is 0 Å². The first-order valence-electron chi connectivity index (χ1n) is 10.3. The predicted octanol–water partition coefficient (Wildman–Crippen LogP) is 2.88. The molecule has 0 aliphatic rings. The molecule has 0 saturated heterocycles. The number of nitrogens with zero attached hydrogens (tertiary/aromatic N) is 5. The van der Waals surface area contributed by atoms with Gasteiger partial charge in [-0.15, -0.1) is 0 Å². The van der Waals surface area contributed by atoms with Gasteiger partial charge in [-0.05, 0) is 24.3 Å². The summed E-state index contributed by atoms with van der Waals surface area (Å²) in [6, 6.07) is 16.3. The van der Waals surface area contributed by atoms with Gasteiger partial charge in [-0.1, -0.05) is 30.8 Å². The van der Waals surface area contributed by atoms with E-state index in [2.05, 4.69) is 32.1 Å². The molecule has 0 aliphatic carbocycles. The molecule has 168 valence electrons. The molecular weight excluding hydrogens is 430 g/mol. The second-order valence-corrected chi connectivity index (χ2v) is 7.34. The molecule has 0 unspecified atom stereocenters. The Balaban J connectivity index is 1.56. The number of anilines is 3. The summed E-state index contributed by atoms with van der Waals surface area (Å²) in [5, 5.41) is 28.8. The Hall–Kier alpha value is -5.04. The third-order valence-electron chi connectivity index (χ3n) is 5.19. The summed E-state index contributed by atoms with van der Waals surface area (Å²) in [6.07, 6.45) is 2.99. The van der Waals surface area contributed by atoms with E-state index in [9.17, 15) is 4.79 Å². The third-order valence-corrected chi connectivity index (χ3v) is 5.19. The van der Waals surface area contributed by atoms with Crippen LogP contribution in [0.15, 0.2) is 73.2 Å². The van der Waals surface area contributed by atoms with Crippen molar-refractivity contribution in [2.45, 2.75) is 0 Å². The van der Waals surface area contributed by atoms with Crippen molar-refractivity contribution in [3.63, 3.8) is 0 Å². The van der Waals surface area contributed by atoms with Crippen molar-refractivity contribution in [1.29, 1.82) is 10.7 Å². The lowest BCUT2D eigenvalue weighted by atomic mass is 10.0. The Labute approximate surface area is 195 Å². The average molecular weight is 451 g/mol. The van der Waals surface area contributed by atoms with Crippen LogP contribution in [0.1, 0.15) is 11.1 Å². The predicted molar refractivity (Wildman–Crippen MR) is 131 cm³/mol. The molecule has 0 aliphatic heterocycles. The number of aromatic amines is 1. The normalized spacial score (nSPS) is 10.4. The molecule has 2 aromatic heterocycles. The van der Waals surface area contributed by atoms with Crippen LogP contribution < -0.4 is 16.0 Å². The molecule has 0 saturated carbocycles. The van der Waals surface area contributed by atoms with Crippen molar-refractivity contribution in [3.8, 4) is 6.07 Å². The van der Waals surface area contributed by atoms with Gasteiger partial charge in [0, 0.05) is 29.7 Å². The van der Waals surface area contributed by atoms with Gasteiger partial charge >= 0.3 is 0 Å². The number of hydrogen-bond acceptors (Lipinski definition) is 8. The molecule has 10 nitrogen and oxygen atoms in total. The fourth-order valence-electron chi connectivity index (χ4n) is 3.47. The van der Waals surface area contributed by atoms with Crippen molar-refractivity contribution in [2.24, 2.45) is 0 Å². The lowest BCUT2D eigenvalue weighted by Gasteiger charge is -2.23. The SMILES string of the molecule is C=C(C#N)C(=O)N(CCNc1ncnc(N)c1C(=N)c1ccc2[nH]ncc2c1)c1ccccc1. The van der Waals surface area contributed by atoms with E-state index in [0.29, 0.717) is 22.6 Å². The van der Waals surface area contributed by atoms with Crippen LogP contribution in [0, 0.1) is 16.7 Å². The molecule has 4 rings (SSSR count). The van der Waals surface area contributed by atoms with E-state index in [4.69, 9.17) is 16.4 Å². The number of nitrogens with one attached hydrogen (secondary N) is 3. The topological polar surface area (TPSA) is 160 Å². The van der Waals surface area contributed by atoms with E-state index < -0.39 is 5.91 Å². The van der Waals surface area contributed by atoms with Gasteiger partial charge in [0.1, 0.15) is 29.6 Å². The fourth-order valence-corrected chi connectivity index (χ4v) is 3.47. The largest absolute Gasteiger partial charge is 0.383 e. The summed E-state index contributed by atoms with van der Waals surface area (Å²) < 4.78 is 0. The number of nitrogens with two attached hydrogens (primary N) is 1. The van der Waals surface area contributed by atoms with E-state index in [1.54, 1.807) is 42.6 Å². The van der Waals surface area contributed by atoms with Gasteiger partial charge in [0.05, 0.1) is 23.0 Å². The molecule has 0 fully saturated rings. The third kappa shape index (κ3) is 4.44. The minimum Gasteiger partial charge on any atom is -0.383 e. The van der Waals surface area contributed by atoms with E-state index in [1.165, 1.54) is 11.2 Å². The number of H-pyrrole nitrogens is 1.